The van der Waals surface area contributed by atoms with Gasteiger partial charge in [0.05, 0.1) is 6.16 Å². The van der Waals surface area contributed by atoms with Crippen molar-refractivity contribution < 1.29 is 4.43 Å². The molecule has 0 saturated carbocycles. The van der Waals surface area contributed by atoms with Crippen LogP contribution in [0.2, 0.25) is 5.04 Å². The van der Waals surface area contributed by atoms with Gasteiger partial charge in [-0.3, -0.25) is 0 Å². The van der Waals surface area contributed by atoms with Gasteiger partial charge in [0.25, 0.3) is 8.32 Å². The van der Waals surface area contributed by atoms with Crippen molar-refractivity contribution in [3.05, 3.63) is 176 Å². The molecule has 1 nitrogen and oxygen atoms in total. The van der Waals surface area contributed by atoms with Crippen molar-refractivity contribution in [2.24, 2.45) is 0 Å². The van der Waals surface area contributed by atoms with E-state index in [-0.39, 0.29) is 5.04 Å². The second-order valence-corrected chi connectivity index (χ2v) is 20.7. The van der Waals surface area contributed by atoms with E-state index in [1.165, 1.54) is 26.3 Å². The van der Waals surface area contributed by atoms with Crippen LogP contribution in [-0.2, 0) is 4.43 Å². The van der Waals surface area contributed by atoms with Gasteiger partial charge in [0.2, 0.25) is 0 Å². The normalized spacial score (nSPS) is 12.6. The third-order valence-corrected chi connectivity index (χ3v) is 18.4. The third-order valence-electron chi connectivity index (χ3n) is 8.85. The van der Waals surface area contributed by atoms with Crippen molar-refractivity contribution in [2.45, 2.75) is 45.1 Å². The van der Waals surface area contributed by atoms with Gasteiger partial charge in [0.1, 0.15) is 23.2 Å². The topological polar surface area (TPSA) is 9.23 Å². The Morgan fingerprint density at radius 2 is 0.870 bits per heavy atom. The molecule has 0 bridgehead atoms. The van der Waals surface area contributed by atoms with Crippen LogP contribution in [0.5, 0.6) is 0 Å². The number of benzene rings is 5. The molecule has 3 heteroatoms. The molecular formula is C43H48OPSi+. The maximum Gasteiger partial charge on any atom is 0.261 e. The van der Waals surface area contributed by atoms with Crippen LogP contribution < -0.4 is 26.3 Å². The molecule has 0 fully saturated rings. The Hall–Kier alpha value is -3.81. The van der Waals surface area contributed by atoms with E-state index in [0.29, 0.717) is 6.61 Å². The number of allylic oxidation sites excluding steroid dienone is 3. The van der Waals surface area contributed by atoms with Crippen LogP contribution in [0, 0.1) is 0 Å². The highest BCUT2D eigenvalue weighted by molar-refractivity contribution is 7.95. The molecule has 0 amide bonds. The van der Waals surface area contributed by atoms with Crippen molar-refractivity contribution in [3.63, 3.8) is 0 Å². The Balaban J connectivity index is 1.24. The van der Waals surface area contributed by atoms with Crippen molar-refractivity contribution in [3.8, 4) is 0 Å². The monoisotopic (exact) mass is 639 g/mol. The number of hydrogen-bond acceptors (Lipinski definition) is 1. The van der Waals surface area contributed by atoms with Gasteiger partial charge in [-0.1, -0.05) is 160 Å². The van der Waals surface area contributed by atoms with Gasteiger partial charge < -0.3 is 4.43 Å². The molecule has 0 spiro atoms. The molecule has 0 radical (unpaired) electrons. The van der Waals surface area contributed by atoms with Crippen LogP contribution in [0.25, 0.3) is 0 Å². The van der Waals surface area contributed by atoms with Gasteiger partial charge >= 0.3 is 0 Å². The summed E-state index contributed by atoms with van der Waals surface area (Å²) in [7, 11) is -4.27. The Morgan fingerprint density at radius 3 is 1.26 bits per heavy atom. The summed E-state index contributed by atoms with van der Waals surface area (Å²) in [5.74, 6) is 0. The zero-order valence-electron chi connectivity index (χ0n) is 27.6. The minimum absolute atomic E-state index is 0.000714. The number of rotatable bonds is 14. The van der Waals surface area contributed by atoms with Crippen molar-refractivity contribution >= 4 is 41.9 Å². The highest BCUT2D eigenvalue weighted by Gasteiger charge is 2.50. The van der Waals surface area contributed by atoms with E-state index in [2.05, 4.69) is 197 Å². The van der Waals surface area contributed by atoms with E-state index in [1.54, 1.807) is 0 Å². The van der Waals surface area contributed by atoms with Crippen LogP contribution in [0.4, 0.5) is 0 Å². The molecule has 0 N–H and O–H groups in total. The first-order valence-electron chi connectivity index (χ1n) is 16.6. The van der Waals surface area contributed by atoms with Crippen LogP contribution in [0.15, 0.2) is 176 Å². The first-order chi connectivity index (χ1) is 22.5. The van der Waals surface area contributed by atoms with Crippen LogP contribution >= 0.6 is 7.26 Å². The maximum absolute atomic E-state index is 7.05. The summed E-state index contributed by atoms with van der Waals surface area (Å²) >= 11 is 0. The van der Waals surface area contributed by atoms with Gasteiger partial charge in [0, 0.05) is 13.0 Å². The molecule has 5 aromatic rings. The van der Waals surface area contributed by atoms with E-state index >= 15 is 0 Å². The molecule has 0 aliphatic carbocycles. The summed E-state index contributed by atoms with van der Waals surface area (Å²) in [6, 6.07) is 55.3. The second kappa shape index (κ2) is 16.1. The van der Waals surface area contributed by atoms with Crippen molar-refractivity contribution in [1.29, 1.82) is 0 Å². The molecule has 0 aromatic heterocycles. The lowest BCUT2D eigenvalue weighted by Gasteiger charge is -2.43. The number of hydrogen-bond donors (Lipinski definition) is 0. The Labute approximate surface area is 279 Å². The molecule has 46 heavy (non-hydrogen) atoms. The molecular weight excluding hydrogens is 592 g/mol. The average molecular weight is 640 g/mol. The minimum Gasteiger partial charge on any atom is -0.407 e. The summed E-state index contributed by atoms with van der Waals surface area (Å²) < 4.78 is 7.05. The quantitative estimate of drug-likeness (QED) is 0.0511. The molecule has 5 rings (SSSR count). The predicted octanol–water partition coefficient (Wildman–Crippen LogP) is 8.84. The molecule has 0 unspecified atom stereocenters. The SMILES string of the molecule is CC(C)(C)[Si](OCC/C=C\C/C=C\CC[P+](c1ccccc1)(c1ccccc1)c1ccccc1)(c1ccccc1)c1ccccc1. The van der Waals surface area contributed by atoms with E-state index in [1.807, 2.05) is 0 Å². The standard InChI is InChI=1S/C43H48OPSi/c1-43(2,3)46(41-32-20-12-21-33-41,42-34-22-13-23-35-42)44-36-24-7-5-4-6-8-25-37-45(38-26-14-9-15-27-38,39-28-16-10-17-29-39)40-30-18-11-19-31-40/h5-23,26-35H,4,24-25,36-37H2,1-3H3/q+1/b7-5-,8-6-. The van der Waals surface area contributed by atoms with Gasteiger partial charge in [0.15, 0.2) is 0 Å². The van der Waals surface area contributed by atoms with Crippen LogP contribution in [0.1, 0.15) is 40.0 Å². The first-order valence-corrected chi connectivity index (χ1v) is 20.5. The fourth-order valence-electron chi connectivity index (χ4n) is 6.70. The zero-order valence-corrected chi connectivity index (χ0v) is 29.5. The molecule has 0 atom stereocenters. The van der Waals surface area contributed by atoms with E-state index in [9.17, 15) is 0 Å². The molecule has 234 valence electrons. The Kier molecular flexibility index (Phi) is 11.8. The highest BCUT2D eigenvalue weighted by Crippen LogP contribution is 2.55. The average Bonchev–Trinajstić information content (AvgIpc) is 3.10. The van der Waals surface area contributed by atoms with Crippen LogP contribution in [-0.4, -0.2) is 21.1 Å². The Morgan fingerprint density at radius 1 is 0.500 bits per heavy atom. The maximum atomic E-state index is 7.05. The molecule has 0 heterocycles. The lowest BCUT2D eigenvalue weighted by Crippen LogP contribution is -2.66. The molecule has 5 aromatic carbocycles. The largest absolute Gasteiger partial charge is 0.407 e. The van der Waals surface area contributed by atoms with Gasteiger partial charge in [-0.2, -0.15) is 0 Å². The Bertz CT molecular complexity index is 1510. The van der Waals surface area contributed by atoms with Gasteiger partial charge in [-0.15, -0.1) is 0 Å². The third kappa shape index (κ3) is 7.59. The second-order valence-electron chi connectivity index (χ2n) is 12.8. The smallest absolute Gasteiger partial charge is 0.261 e. The summed E-state index contributed by atoms with van der Waals surface area (Å²) in [6.45, 7) is 7.73. The van der Waals surface area contributed by atoms with E-state index < -0.39 is 15.6 Å². The first kappa shape index (κ1) is 33.5. The van der Waals surface area contributed by atoms with Gasteiger partial charge in [-0.25, -0.2) is 0 Å². The van der Waals surface area contributed by atoms with E-state index in [0.717, 1.165) is 25.4 Å². The molecule has 0 aliphatic rings. The lowest BCUT2D eigenvalue weighted by molar-refractivity contribution is 0.304. The lowest BCUT2D eigenvalue weighted by atomic mass is 10.2. The van der Waals surface area contributed by atoms with Crippen molar-refractivity contribution in [2.75, 3.05) is 12.8 Å². The molecule has 0 saturated heterocycles. The summed E-state index contributed by atoms with van der Waals surface area (Å²) in [5.41, 5.74) is 0. The fourth-order valence-corrected chi connectivity index (χ4v) is 15.5. The minimum atomic E-state index is -2.48. The highest BCUT2D eigenvalue weighted by atomic mass is 31.2. The van der Waals surface area contributed by atoms with Gasteiger partial charge in [-0.05, 0) is 64.7 Å². The fraction of sp³-hybridized carbons (Fsp3) is 0.209. The summed E-state index contributed by atoms with van der Waals surface area (Å²) in [5, 5.41) is 7.01. The van der Waals surface area contributed by atoms with Crippen molar-refractivity contribution in [1.82, 2.24) is 0 Å². The van der Waals surface area contributed by atoms with E-state index in [4.69, 9.17) is 4.43 Å². The summed E-state index contributed by atoms with van der Waals surface area (Å²) in [6.07, 6.45) is 13.3. The zero-order chi connectivity index (χ0) is 32.1. The molecule has 0 aliphatic heterocycles. The summed E-state index contributed by atoms with van der Waals surface area (Å²) in [4.78, 5) is 0. The predicted molar refractivity (Wildman–Crippen MR) is 206 cm³/mol. The van der Waals surface area contributed by atoms with Crippen LogP contribution in [0.3, 0.4) is 0 Å².